The Balaban J connectivity index is 1.54. The third-order valence-electron chi connectivity index (χ3n) is 5.26. The summed E-state index contributed by atoms with van der Waals surface area (Å²) in [6, 6.07) is 6.78. The van der Waals surface area contributed by atoms with Gasteiger partial charge in [-0.05, 0) is 12.1 Å². The summed E-state index contributed by atoms with van der Waals surface area (Å²) in [5.74, 6) is -0.504. The van der Waals surface area contributed by atoms with Crippen LogP contribution in [0.15, 0.2) is 36.9 Å². The second kappa shape index (κ2) is 7.80. The van der Waals surface area contributed by atoms with Crippen molar-refractivity contribution in [3.63, 3.8) is 0 Å². The van der Waals surface area contributed by atoms with Crippen LogP contribution in [0.4, 0.5) is 11.5 Å². The lowest BCUT2D eigenvalue weighted by Crippen LogP contribution is -2.41. The Bertz CT molecular complexity index is 1240. The van der Waals surface area contributed by atoms with Crippen LogP contribution in [-0.4, -0.2) is 62.3 Å². The number of phosphoric acid groups is 1. The zero-order valence-corrected chi connectivity index (χ0v) is 17.6. The second-order valence-electron chi connectivity index (χ2n) is 7.15. The first-order valence-electron chi connectivity index (χ1n) is 9.60. The molecule has 2 fully saturated rings. The van der Waals surface area contributed by atoms with E-state index in [0.29, 0.717) is 16.9 Å². The van der Waals surface area contributed by atoms with Gasteiger partial charge in [-0.3, -0.25) is 13.6 Å². The van der Waals surface area contributed by atoms with Crippen LogP contribution in [0.3, 0.4) is 0 Å². The predicted octanol–water partition coefficient (Wildman–Crippen LogP) is 1.09. The van der Waals surface area contributed by atoms with Crippen LogP contribution in [0.2, 0.25) is 0 Å². The van der Waals surface area contributed by atoms with Gasteiger partial charge in [0.05, 0.1) is 18.5 Å². The zero-order chi connectivity index (χ0) is 22.5. The van der Waals surface area contributed by atoms with Gasteiger partial charge in [0, 0.05) is 12.7 Å². The highest BCUT2D eigenvalue weighted by Gasteiger charge is 2.55. The van der Waals surface area contributed by atoms with Gasteiger partial charge >= 0.3 is 13.8 Å². The number of aromatic nitrogens is 4. The summed E-state index contributed by atoms with van der Waals surface area (Å²) >= 11 is 0. The minimum Gasteiger partial charge on any atom is -0.451 e. The number of para-hydroxylation sites is 1. The van der Waals surface area contributed by atoms with Gasteiger partial charge in [-0.25, -0.2) is 24.3 Å². The van der Waals surface area contributed by atoms with Crippen molar-refractivity contribution in [1.82, 2.24) is 19.5 Å². The molecule has 0 bridgehead atoms. The number of nitrogen functional groups attached to an aromatic ring is 1. The number of imidazole rings is 1. The van der Waals surface area contributed by atoms with E-state index in [1.54, 1.807) is 31.3 Å². The minimum atomic E-state index is -4.34. The Morgan fingerprint density at radius 2 is 2.16 bits per heavy atom. The number of carbonyl (C=O) groups is 1. The number of benzene rings is 1. The maximum absolute atomic E-state index is 13.0. The van der Waals surface area contributed by atoms with E-state index in [-0.39, 0.29) is 18.0 Å². The number of ether oxygens (including phenoxy) is 2. The molecule has 0 saturated carbocycles. The lowest BCUT2D eigenvalue weighted by atomic mass is 10.1. The van der Waals surface area contributed by atoms with Gasteiger partial charge in [0.25, 0.3) is 0 Å². The molecule has 0 spiro atoms. The molecule has 3 unspecified atom stereocenters. The lowest BCUT2D eigenvalue weighted by Gasteiger charge is -2.29. The molecular weight excluding hydrogens is 443 g/mol. The van der Waals surface area contributed by atoms with Crippen LogP contribution in [0.1, 0.15) is 16.6 Å². The van der Waals surface area contributed by atoms with Crippen molar-refractivity contribution in [2.45, 2.75) is 24.5 Å². The van der Waals surface area contributed by atoms with Gasteiger partial charge in [0.2, 0.25) is 0 Å². The van der Waals surface area contributed by atoms with E-state index >= 15 is 0 Å². The summed E-state index contributed by atoms with van der Waals surface area (Å²) in [6.45, 7) is -0.222. The summed E-state index contributed by atoms with van der Waals surface area (Å²) in [6.07, 6.45) is -1.24. The van der Waals surface area contributed by atoms with E-state index in [9.17, 15) is 14.3 Å². The molecule has 3 aromatic rings. The molecule has 168 valence electrons. The van der Waals surface area contributed by atoms with Gasteiger partial charge in [0.15, 0.2) is 23.8 Å². The lowest BCUT2D eigenvalue weighted by molar-refractivity contribution is -0.0666. The van der Waals surface area contributed by atoms with Crippen molar-refractivity contribution in [2.75, 3.05) is 24.7 Å². The van der Waals surface area contributed by atoms with E-state index in [2.05, 4.69) is 20.3 Å². The fourth-order valence-electron chi connectivity index (χ4n) is 3.79. The Morgan fingerprint density at radius 1 is 1.34 bits per heavy atom. The molecule has 2 saturated heterocycles. The van der Waals surface area contributed by atoms with Gasteiger partial charge in [0.1, 0.15) is 24.1 Å². The number of fused-ring (bicyclic) bond motifs is 2. The SMILES string of the molecule is CNc1ccccc1C(=O)O[C@H]1C2OP(=O)(O)OCC2O[C@H]1n1cnc2c(N)ncnc21. The van der Waals surface area contributed by atoms with Crippen LogP contribution >= 0.6 is 7.82 Å². The monoisotopic (exact) mass is 462 g/mol. The molecule has 2 aliphatic rings. The zero-order valence-electron chi connectivity index (χ0n) is 16.7. The second-order valence-corrected chi connectivity index (χ2v) is 8.55. The first-order valence-corrected chi connectivity index (χ1v) is 11.1. The summed E-state index contributed by atoms with van der Waals surface area (Å²) in [7, 11) is -2.66. The Labute approximate surface area is 181 Å². The molecule has 4 heterocycles. The molecule has 2 aromatic heterocycles. The number of hydrogen-bond acceptors (Lipinski definition) is 11. The third-order valence-corrected chi connectivity index (χ3v) is 6.25. The first kappa shape index (κ1) is 20.8. The first-order chi connectivity index (χ1) is 15.4. The number of anilines is 2. The largest absolute Gasteiger partial charge is 0.472 e. The van der Waals surface area contributed by atoms with Crippen molar-refractivity contribution >= 4 is 36.5 Å². The van der Waals surface area contributed by atoms with Gasteiger partial charge in [-0.2, -0.15) is 0 Å². The number of carbonyl (C=O) groups excluding carboxylic acids is 1. The van der Waals surface area contributed by atoms with Gasteiger partial charge in [-0.1, -0.05) is 12.1 Å². The molecule has 32 heavy (non-hydrogen) atoms. The Hall–Kier alpha value is -3.09. The molecule has 1 aromatic carbocycles. The summed E-state index contributed by atoms with van der Waals surface area (Å²) in [5, 5.41) is 2.93. The van der Waals surface area contributed by atoms with Crippen LogP contribution in [0.25, 0.3) is 11.2 Å². The average Bonchev–Trinajstić information content (AvgIpc) is 3.35. The number of nitrogens with two attached hydrogens (primary N) is 1. The molecule has 13 nitrogen and oxygen atoms in total. The number of esters is 1. The highest BCUT2D eigenvalue weighted by atomic mass is 31.2. The highest BCUT2D eigenvalue weighted by Crippen LogP contribution is 2.53. The van der Waals surface area contributed by atoms with E-state index < -0.39 is 38.3 Å². The topological polar surface area (TPSA) is 173 Å². The molecule has 5 rings (SSSR count). The fourth-order valence-corrected chi connectivity index (χ4v) is 4.75. The molecule has 14 heteroatoms. The van der Waals surface area contributed by atoms with Crippen LogP contribution < -0.4 is 11.1 Å². The smallest absolute Gasteiger partial charge is 0.451 e. The maximum Gasteiger partial charge on any atom is 0.472 e. The standard InChI is InChI=1S/C18H19N6O7P/c1-20-10-5-3-2-4-9(10)18(25)30-14-13-11(6-28-32(26,27)31-13)29-17(14)24-8-23-12-15(19)21-7-22-16(12)24/h2-5,7-8,11,13-14,17,20H,6H2,1H3,(H,26,27)(H2,19,21,22)/t11?,13?,14-,17+/m0/s1. The van der Waals surface area contributed by atoms with Gasteiger partial charge in [-0.15, -0.1) is 0 Å². The third kappa shape index (κ3) is 3.49. The minimum absolute atomic E-state index is 0.167. The summed E-state index contributed by atoms with van der Waals surface area (Å²) in [5.41, 5.74) is 7.37. The quantitative estimate of drug-likeness (QED) is 0.373. The number of hydrogen-bond donors (Lipinski definition) is 3. The van der Waals surface area contributed by atoms with Crippen molar-refractivity contribution < 1.29 is 32.8 Å². The molecule has 2 aliphatic heterocycles. The van der Waals surface area contributed by atoms with Crippen molar-refractivity contribution in [2.24, 2.45) is 0 Å². The average molecular weight is 462 g/mol. The molecule has 0 aliphatic carbocycles. The predicted molar refractivity (Wildman–Crippen MR) is 109 cm³/mol. The van der Waals surface area contributed by atoms with E-state index in [1.807, 2.05) is 0 Å². The van der Waals surface area contributed by atoms with E-state index in [0.717, 1.165) is 0 Å². The fraction of sp³-hybridized carbons (Fsp3) is 0.333. The maximum atomic E-state index is 13.0. The van der Waals surface area contributed by atoms with Crippen LogP contribution in [0.5, 0.6) is 0 Å². The molecule has 4 N–H and O–H groups in total. The number of rotatable bonds is 4. The Morgan fingerprint density at radius 3 is 2.97 bits per heavy atom. The van der Waals surface area contributed by atoms with Crippen LogP contribution in [0, 0.1) is 0 Å². The van der Waals surface area contributed by atoms with Crippen LogP contribution in [-0.2, 0) is 23.1 Å². The highest BCUT2D eigenvalue weighted by molar-refractivity contribution is 7.47. The molecule has 0 amide bonds. The summed E-state index contributed by atoms with van der Waals surface area (Å²) < 4.78 is 35.5. The number of nitrogens with one attached hydrogen (secondary N) is 1. The van der Waals surface area contributed by atoms with Crippen molar-refractivity contribution in [3.8, 4) is 0 Å². The Kier molecular flexibility index (Phi) is 5.07. The molecule has 0 radical (unpaired) electrons. The van der Waals surface area contributed by atoms with Crippen molar-refractivity contribution in [3.05, 3.63) is 42.5 Å². The summed E-state index contributed by atoms with van der Waals surface area (Å²) in [4.78, 5) is 35.2. The number of phosphoric ester groups is 1. The molecule has 5 atom stereocenters. The molecular formula is C18H19N6O7P. The van der Waals surface area contributed by atoms with Crippen molar-refractivity contribution in [1.29, 1.82) is 0 Å². The van der Waals surface area contributed by atoms with Gasteiger partial charge < -0.3 is 25.4 Å². The normalized spacial score (nSPS) is 29.6. The van der Waals surface area contributed by atoms with E-state index in [4.69, 9.17) is 24.3 Å². The van der Waals surface area contributed by atoms with E-state index in [1.165, 1.54) is 17.2 Å². The number of nitrogens with zero attached hydrogens (tertiary/aromatic N) is 4.